The molecule has 2 heterocycles. The van der Waals surface area contributed by atoms with Crippen LogP contribution < -0.4 is 10.2 Å². The Kier molecular flexibility index (Phi) is 3.50. The summed E-state index contributed by atoms with van der Waals surface area (Å²) in [5.74, 6) is -0.381. The number of amides is 1. The summed E-state index contributed by atoms with van der Waals surface area (Å²) in [5.41, 5.74) is 3.99. The third kappa shape index (κ3) is 2.30. The second-order valence-electron chi connectivity index (χ2n) is 6.59. The Morgan fingerprint density at radius 2 is 1.50 bits per heavy atom. The van der Waals surface area contributed by atoms with Crippen LogP contribution in [0.5, 0.6) is 0 Å². The summed E-state index contributed by atoms with van der Waals surface area (Å²) in [4.78, 5) is 15.2. The molecule has 3 unspecified atom stereocenters. The molecule has 0 saturated carbocycles. The van der Waals surface area contributed by atoms with E-state index in [-0.39, 0.29) is 24.3 Å². The van der Waals surface area contributed by atoms with Crippen molar-refractivity contribution in [3.8, 4) is 0 Å². The molecule has 0 bridgehead atoms. The molecule has 1 N–H and O–H groups in total. The Bertz CT molecular complexity index is 943. The predicted molar refractivity (Wildman–Crippen MR) is 101 cm³/mol. The Labute approximate surface area is 152 Å². The summed E-state index contributed by atoms with van der Waals surface area (Å²) in [6.45, 7) is 0. The van der Waals surface area contributed by atoms with Crippen molar-refractivity contribution >= 4 is 17.3 Å². The minimum atomic E-state index is -0.341. The van der Waals surface area contributed by atoms with Gasteiger partial charge in [-0.3, -0.25) is 4.79 Å². The van der Waals surface area contributed by atoms with Crippen molar-refractivity contribution in [3.63, 3.8) is 0 Å². The maximum atomic E-state index is 13.0. The first-order chi connectivity index (χ1) is 12.8. The molecule has 128 valence electrons. The van der Waals surface area contributed by atoms with E-state index in [0.717, 1.165) is 22.5 Å². The average Bonchev–Trinajstić information content (AvgIpc) is 2.91. The van der Waals surface area contributed by atoms with Crippen LogP contribution in [0.1, 0.15) is 23.3 Å². The number of hydrogen-bond acceptors (Lipinski definition) is 3. The fraction of sp³-hybridized carbons (Fsp3) is 0.136. The van der Waals surface area contributed by atoms with Crippen molar-refractivity contribution < 1.29 is 9.53 Å². The van der Waals surface area contributed by atoms with Crippen molar-refractivity contribution in [1.29, 1.82) is 0 Å². The first-order valence-corrected chi connectivity index (χ1v) is 8.76. The van der Waals surface area contributed by atoms with E-state index >= 15 is 0 Å². The summed E-state index contributed by atoms with van der Waals surface area (Å²) in [6, 6.07) is 27.7. The first kappa shape index (κ1) is 15.2. The molecule has 2 aliphatic rings. The number of benzene rings is 3. The highest BCUT2D eigenvalue weighted by atomic mass is 16.6. The average molecular weight is 342 g/mol. The van der Waals surface area contributed by atoms with E-state index in [0.29, 0.717) is 0 Å². The van der Waals surface area contributed by atoms with Gasteiger partial charge in [0.1, 0.15) is 5.92 Å². The Morgan fingerprint density at radius 1 is 0.846 bits per heavy atom. The van der Waals surface area contributed by atoms with Gasteiger partial charge in [-0.05, 0) is 23.8 Å². The number of ether oxygens (including phenoxy) is 1. The van der Waals surface area contributed by atoms with Gasteiger partial charge in [-0.1, -0.05) is 66.7 Å². The number of anilines is 2. The highest BCUT2D eigenvalue weighted by Crippen LogP contribution is 2.53. The van der Waals surface area contributed by atoms with Crippen LogP contribution in [-0.4, -0.2) is 12.1 Å². The molecule has 3 aromatic rings. The summed E-state index contributed by atoms with van der Waals surface area (Å²) < 4.78 is 6.17. The standard InChI is InChI=1S/C22H18N2O2/c25-20(23-16-11-5-2-6-12-16)19-17-13-7-8-14-18(17)24-21(26-22(19)24)15-9-3-1-4-10-15/h1-14,19,21-22H,(H,23,25). The minimum absolute atomic E-state index is 0.0392. The first-order valence-electron chi connectivity index (χ1n) is 8.76. The van der Waals surface area contributed by atoms with Crippen LogP contribution in [0.15, 0.2) is 84.9 Å². The number of nitrogens with one attached hydrogen (secondary N) is 1. The molecule has 1 fully saturated rings. The molecule has 4 nitrogen and oxygen atoms in total. The fourth-order valence-corrected chi connectivity index (χ4v) is 3.85. The van der Waals surface area contributed by atoms with Crippen LogP contribution in [0.25, 0.3) is 0 Å². The molecule has 2 aliphatic heterocycles. The second kappa shape index (κ2) is 6.00. The molecule has 3 atom stereocenters. The lowest BCUT2D eigenvalue weighted by Gasteiger charge is -2.47. The molecule has 1 saturated heterocycles. The number of hydrogen-bond donors (Lipinski definition) is 1. The zero-order valence-electron chi connectivity index (χ0n) is 14.1. The Morgan fingerprint density at radius 3 is 2.27 bits per heavy atom. The van der Waals surface area contributed by atoms with Crippen LogP contribution >= 0.6 is 0 Å². The van der Waals surface area contributed by atoms with Gasteiger partial charge in [0.15, 0.2) is 12.5 Å². The molecule has 3 aromatic carbocycles. The zero-order valence-corrected chi connectivity index (χ0v) is 14.1. The molecule has 26 heavy (non-hydrogen) atoms. The number of nitrogens with zero attached hydrogens (tertiary/aromatic N) is 1. The van der Waals surface area contributed by atoms with Gasteiger partial charge in [0.25, 0.3) is 0 Å². The molecule has 0 spiro atoms. The van der Waals surface area contributed by atoms with Gasteiger partial charge in [0, 0.05) is 16.9 Å². The van der Waals surface area contributed by atoms with Gasteiger partial charge in [-0.25, -0.2) is 0 Å². The predicted octanol–water partition coefficient (Wildman–Crippen LogP) is 4.28. The Balaban J connectivity index is 1.47. The van der Waals surface area contributed by atoms with Crippen LogP contribution in [0.3, 0.4) is 0 Å². The van der Waals surface area contributed by atoms with E-state index in [1.807, 2.05) is 66.7 Å². The summed E-state index contributed by atoms with van der Waals surface area (Å²) >= 11 is 0. The quantitative estimate of drug-likeness (QED) is 0.772. The lowest BCUT2D eigenvalue weighted by molar-refractivity contribution is -0.142. The minimum Gasteiger partial charge on any atom is -0.330 e. The smallest absolute Gasteiger partial charge is 0.236 e. The van der Waals surface area contributed by atoms with E-state index in [2.05, 4.69) is 28.4 Å². The van der Waals surface area contributed by atoms with Crippen molar-refractivity contribution in [2.45, 2.75) is 18.4 Å². The summed E-state index contributed by atoms with van der Waals surface area (Å²) in [5, 5.41) is 3.02. The molecule has 5 rings (SSSR count). The maximum Gasteiger partial charge on any atom is 0.236 e. The lowest BCUT2D eigenvalue weighted by atomic mass is 9.98. The van der Waals surface area contributed by atoms with E-state index in [9.17, 15) is 4.79 Å². The number of carbonyl (C=O) groups is 1. The van der Waals surface area contributed by atoms with E-state index in [1.165, 1.54) is 0 Å². The molecule has 0 aliphatic carbocycles. The van der Waals surface area contributed by atoms with E-state index < -0.39 is 0 Å². The summed E-state index contributed by atoms with van der Waals surface area (Å²) in [7, 11) is 0. The summed E-state index contributed by atoms with van der Waals surface area (Å²) in [6.07, 6.45) is -0.404. The van der Waals surface area contributed by atoms with Gasteiger partial charge < -0.3 is 15.0 Å². The number of carbonyl (C=O) groups excluding carboxylic acids is 1. The van der Waals surface area contributed by atoms with E-state index in [4.69, 9.17) is 4.74 Å². The second-order valence-corrected chi connectivity index (χ2v) is 6.59. The lowest BCUT2D eigenvalue weighted by Crippen LogP contribution is -2.54. The highest BCUT2D eigenvalue weighted by Gasteiger charge is 2.54. The monoisotopic (exact) mass is 342 g/mol. The van der Waals surface area contributed by atoms with Gasteiger partial charge in [-0.2, -0.15) is 0 Å². The topological polar surface area (TPSA) is 41.6 Å². The largest absolute Gasteiger partial charge is 0.330 e. The number of fused-ring (bicyclic) bond motifs is 3. The van der Waals surface area contributed by atoms with Crippen LogP contribution in [0.2, 0.25) is 0 Å². The van der Waals surface area contributed by atoms with Crippen LogP contribution in [0, 0.1) is 0 Å². The SMILES string of the molecule is O=C(Nc1ccccc1)C1c2ccccc2N2C(c3ccccc3)OC12. The maximum absolute atomic E-state index is 13.0. The molecular formula is C22H18N2O2. The van der Waals surface area contributed by atoms with Crippen molar-refractivity contribution in [3.05, 3.63) is 96.1 Å². The molecule has 1 amide bonds. The molecule has 4 heteroatoms. The van der Waals surface area contributed by atoms with Crippen molar-refractivity contribution in [2.24, 2.45) is 0 Å². The van der Waals surface area contributed by atoms with Crippen LogP contribution in [-0.2, 0) is 9.53 Å². The van der Waals surface area contributed by atoms with Gasteiger partial charge in [0.2, 0.25) is 5.91 Å². The fourth-order valence-electron chi connectivity index (χ4n) is 3.85. The normalized spacial score (nSPS) is 22.9. The van der Waals surface area contributed by atoms with Crippen LogP contribution in [0.4, 0.5) is 11.4 Å². The number of rotatable bonds is 3. The van der Waals surface area contributed by atoms with Gasteiger partial charge in [-0.15, -0.1) is 0 Å². The number of para-hydroxylation sites is 2. The molecular weight excluding hydrogens is 324 g/mol. The molecule has 0 aromatic heterocycles. The third-order valence-corrected chi connectivity index (χ3v) is 5.04. The Hall–Kier alpha value is -3.11. The molecule has 0 radical (unpaired) electrons. The van der Waals surface area contributed by atoms with Gasteiger partial charge >= 0.3 is 0 Å². The third-order valence-electron chi connectivity index (χ3n) is 5.04. The van der Waals surface area contributed by atoms with Gasteiger partial charge in [0.05, 0.1) is 0 Å². The zero-order chi connectivity index (χ0) is 17.5. The highest BCUT2D eigenvalue weighted by molar-refractivity contribution is 5.99. The van der Waals surface area contributed by atoms with Crippen molar-refractivity contribution in [1.82, 2.24) is 0 Å². The van der Waals surface area contributed by atoms with Crippen molar-refractivity contribution in [2.75, 3.05) is 10.2 Å². The van der Waals surface area contributed by atoms with E-state index in [1.54, 1.807) is 0 Å².